The molecule has 1 atom stereocenters. The van der Waals surface area contributed by atoms with Crippen LogP contribution in [-0.2, 0) is 9.53 Å². The van der Waals surface area contributed by atoms with Crippen LogP contribution in [0.15, 0.2) is 12.4 Å². The molecule has 1 aromatic heterocycles. The first kappa shape index (κ1) is 12.3. The minimum Gasteiger partial charge on any atom is -0.464 e. The number of amides is 1. The third-order valence-corrected chi connectivity index (χ3v) is 2.95. The zero-order valence-electron chi connectivity index (χ0n) is 10.00. The van der Waals surface area contributed by atoms with Gasteiger partial charge in [-0.2, -0.15) is 0 Å². The number of nitrogens with two attached hydrogens (primary N) is 1. The first-order valence-corrected chi connectivity index (χ1v) is 5.56. The van der Waals surface area contributed by atoms with Crippen molar-refractivity contribution in [3.63, 3.8) is 0 Å². The molecule has 1 aliphatic heterocycles. The summed E-state index contributed by atoms with van der Waals surface area (Å²) in [6.07, 6.45) is 3.57. The topological polar surface area (TPSA) is 98.4 Å². The highest BCUT2D eigenvalue weighted by molar-refractivity contribution is 5.86. The van der Waals surface area contributed by atoms with Crippen LogP contribution in [0.4, 0.5) is 5.82 Å². The van der Waals surface area contributed by atoms with Gasteiger partial charge in [0.05, 0.1) is 25.4 Å². The van der Waals surface area contributed by atoms with Crippen LogP contribution in [0.5, 0.6) is 0 Å². The molecule has 7 nitrogen and oxygen atoms in total. The lowest BCUT2D eigenvalue weighted by Crippen LogP contribution is -2.27. The van der Waals surface area contributed by atoms with Gasteiger partial charge in [0.25, 0.3) is 0 Å². The van der Waals surface area contributed by atoms with Gasteiger partial charge in [0.2, 0.25) is 5.91 Å². The Hall–Kier alpha value is -2.18. The lowest BCUT2D eigenvalue weighted by atomic mass is 10.1. The van der Waals surface area contributed by atoms with Crippen molar-refractivity contribution in [2.24, 2.45) is 11.7 Å². The summed E-state index contributed by atoms with van der Waals surface area (Å²) in [7, 11) is 1.29. The molecule has 1 unspecified atom stereocenters. The first-order chi connectivity index (χ1) is 8.61. The van der Waals surface area contributed by atoms with Gasteiger partial charge in [0.15, 0.2) is 5.69 Å². The molecule has 0 radical (unpaired) electrons. The van der Waals surface area contributed by atoms with E-state index in [2.05, 4.69) is 14.7 Å². The van der Waals surface area contributed by atoms with E-state index >= 15 is 0 Å². The molecule has 2 heterocycles. The second kappa shape index (κ2) is 4.99. The fraction of sp³-hybridized carbons (Fsp3) is 0.455. The van der Waals surface area contributed by atoms with Crippen LogP contribution in [-0.4, -0.2) is 42.0 Å². The Morgan fingerprint density at radius 1 is 1.44 bits per heavy atom. The predicted octanol–water partition coefficient (Wildman–Crippen LogP) is -0.425. The van der Waals surface area contributed by atoms with E-state index in [1.807, 2.05) is 4.90 Å². The number of carbonyl (C=O) groups is 2. The van der Waals surface area contributed by atoms with Crippen LogP contribution >= 0.6 is 0 Å². The molecular formula is C11H14N4O3. The largest absolute Gasteiger partial charge is 0.464 e. The Balaban J connectivity index is 2.07. The molecule has 0 bridgehead atoms. The van der Waals surface area contributed by atoms with Crippen molar-refractivity contribution in [1.29, 1.82) is 0 Å². The summed E-state index contributed by atoms with van der Waals surface area (Å²) >= 11 is 0. The average Bonchev–Trinajstić information content (AvgIpc) is 2.88. The molecule has 7 heteroatoms. The van der Waals surface area contributed by atoms with Crippen LogP contribution in [0.2, 0.25) is 0 Å². The highest BCUT2D eigenvalue weighted by Gasteiger charge is 2.27. The van der Waals surface area contributed by atoms with E-state index < -0.39 is 5.97 Å². The number of ether oxygens (including phenoxy) is 1. The van der Waals surface area contributed by atoms with Crippen molar-refractivity contribution in [2.75, 3.05) is 25.1 Å². The summed E-state index contributed by atoms with van der Waals surface area (Å²) in [6.45, 7) is 1.25. The quantitative estimate of drug-likeness (QED) is 0.731. The third kappa shape index (κ3) is 2.39. The molecule has 0 saturated carbocycles. The molecule has 18 heavy (non-hydrogen) atoms. The number of nitrogens with zero attached hydrogens (tertiary/aromatic N) is 3. The van der Waals surface area contributed by atoms with E-state index in [0.717, 1.165) is 6.42 Å². The van der Waals surface area contributed by atoms with E-state index in [-0.39, 0.29) is 17.5 Å². The molecule has 0 spiro atoms. The fourth-order valence-corrected chi connectivity index (χ4v) is 1.90. The highest BCUT2D eigenvalue weighted by atomic mass is 16.5. The predicted molar refractivity (Wildman–Crippen MR) is 62.9 cm³/mol. The molecule has 1 aliphatic rings. The zero-order chi connectivity index (χ0) is 13.1. The molecule has 1 saturated heterocycles. The van der Waals surface area contributed by atoms with Crippen molar-refractivity contribution in [3.8, 4) is 0 Å². The molecular weight excluding hydrogens is 236 g/mol. The van der Waals surface area contributed by atoms with Crippen molar-refractivity contribution >= 4 is 17.7 Å². The summed E-state index contributed by atoms with van der Waals surface area (Å²) < 4.78 is 4.53. The summed E-state index contributed by atoms with van der Waals surface area (Å²) in [5.74, 6) is -0.333. The highest BCUT2D eigenvalue weighted by Crippen LogP contribution is 2.21. The number of hydrogen-bond donors (Lipinski definition) is 1. The number of aromatic nitrogens is 2. The third-order valence-electron chi connectivity index (χ3n) is 2.95. The zero-order valence-corrected chi connectivity index (χ0v) is 10.00. The van der Waals surface area contributed by atoms with E-state index in [0.29, 0.717) is 18.9 Å². The van der Waals surface area contributed by atoms with Crippen LogP contribution in [0, 0.1) is 5.92 Å². The maximum Gasteiger partial charge on any atom is 0.358 e. The van der Waals surface area contributed by atoms with Crippen molar-refractivity contribution in [2.45, 2.75) is 6.42 Å². The molecule has 2 rings (SSSR count). The Morgan fingerprint density at radius 2 is 2.22 bits per heavy atom. The van der Waals surface area contributed by atoms with Gasteiger partial charge in [-0.05, 0) is 6.42 Å². The summed E-state index contributed by atoms with van der Waals surface area (Å²) in [5, 5.41) is 0. The van der Waals surface area contributed by atoms with Crippen LogP contribution in [0.25, 0.3) is 0 Å². The van der Waals surface area contributed by atoms with Gasteiger partial charge >= 0.3 is 5.97 Å². The molecule has 1 amide bonds. The molecule has 1 aromatic rings. The van der Waals surface area contributed by atoms with E-state index in [9.17, 15) is 9.59 Å². The first-order valence-electron chi connectivity index (χ1n) is 5.56. The van der Waals surface area contributed by atoms with Crippen molar-refractivity contribution in [1.82, 2.24) is 9.97 Å². The minimum atomic E-state index is -0.523. The smallest absolute Gasteiger partial charge is 0.358 e. The lowest BCUT2D eigenvalue weighted by molar-refractivity contribution is -0.121. The van der Waals surface area contributed by atoms with E-state index in [4.69, 9.17) is 5.73 Å². The number of anilines is 1. The number of primary amides is 1. The van der Waals surface area contributed by atoms with Crippen molar-refractivity contribution in [3.05, 3.63) is 18.1 Å². The molecule has 0 aromatic carbocycles. The molecule has 0 aliphatic carbocycles. The maximum absolute atomic E-state index is 11.2. The average molecular weight is 250 g/mol. The number of carbonyl (C=O) groups excluding carboxylic acids is 2. The lowest BCUT2D eigenvalue weighted by Gasteiger charge is -2.16. The van der Waals surface area contributed by atoms with Gasteiger partial charge in [-0.15, -0.1) is 0 Å². The van der Waals surface area contributed by atoms with Gasteiger partial charge in [0.1, 0.15) is 5.82 Å². The summed E-state index contributed by atoms with van der Waals surface area (Å²) in [4.78, 5) is 32.3. The molecule has 1 fully saturated rings. The molecule has 2 N–H and O–H groups in total. The van der Waals surface area contributed by atoms with Gasteiger partial charge in [-0.3, -0.25) is 4.79 Å². The maximum atomic E-state index is 11.2. The second-order valence-electron chi connectivity index (χ2n) is 4.09. The normalized spacial score (nSPS) is 18.7. The van der Waals surface area contributed by atoms with Gasteiger partial charge in [-0.1, -0.05) is 0 Å². The SMILES string of the molecule is COC(=O)c1cnc(N2CCC(C(N)=O)C2)cn1. The minimum absolute atomic E-state index is 0.146. The van der Waals surface area contributed by atoms with Gasteiger partial charge in [-0.25, -0.2) is 14.8 Å². The Bertz CT molecular complexity index is 460. The van der Waals surface area contributed by atoms with Gasteiger partial charge < -0.3 is 15.4 Å². The number of hydrogen-bond acceptors (Lipinski definition) is 6. The van der Waals surface area contributed by atoms with E-state index in [1.165, 1.54) is 19.5 Å². The number of methoxy groups -OCH3 is 1. The van der Waals surface area contributed by atoms with Crippen LogP contribution in [0.3, 0.4) is 0 Å². The standard InChI is InChI=1S/C11H14N4O3/c1-18-11(17)8-4-14-9(5-13-8)15-3-2-7(6-15)10(12)16/h4-5,7H,2-3,6H2,1H3,(H2,12,16). The molecule has 96 valence electrons. The van der Waals surface area contributed by atoms with Crippen LogP contribution in [0.1, 0.15) is 16.9 Å². The Labute approximate surface area is 104 Å². The number of esters is 1. The van der Waals surface area contributed by atoms with E-state index in [1.54, 1.807) is 0 Å². The Morgan fingerprint density at radius 3 is 2.72 bits per heavy atom. The summed E-state index contributed by atoms with van der Waals surface area (Å²) in [6, 6.07) is 0. The monoisotopic (exact) mass is 250 g/mol. The van der Waals surface area contributed by atoms with Crippen LogP contribution < -0.4 is 10.6 Å². The van der Waals surface area contributed by atoms with Gasteiger partial charge in [0, 0.05) is 13.1 Å². The van der Waals surface area contributed by atoms with Crippen molar-refractivity contribution < 1.29 is 14.3 Å². The summed E-state index contributed by atoms with van der Waals surface area (Å²) in [5.41, 5.74) is 5.42. The number of rotatable bonds is 3. The fourth-order valence-electron chi connectivity index (χ4n) is 1.90. The Kier molecular flexibility index (Phi) is 3.40. The second-order valence-corrected chi connectivity index (χ2v) is 4.09.